The molecular weight excluding hydrogens is 184 g/mol. The molecule has 1 saturated heterocycles. The second kappa shape index (κ2) is 4.17. The molecule has 1 aliphatic rings. The largest absolute Gasteiger partial charge is 0.454 e. The van der Waals surface area contributed by atoms with Crippen molar-refractivity contribution in [1.82, 2.24) is 10.2 Å². The summed E-state index contributed by atoms with van der Waals surface area (Å²) in [6, 6.07) is 3.88. The number of furan rings is 1. The number of piperazine rings is 1. The lowest BCUT2D eigenvalue weighted by Gasteiger charge is -2.26. The maximum atomic E-state index is 5.39. The quantitative estimate of drug-likeness (QED) is 0.694. The van der Waals surface area contributed by atoms with E-state index in [1.807, 2.05) is 12.1 Å². The van der Waals surface area contributed by atoms with Gasteiger partial charge in [-0.2, -0.15) is 0 Å². The first-order valence-electron chi connectivity index (χ1n) is 4.55. The van der Waals surface area contributed by atoms with E-state index in [0.29, 0.717) is 5.09 Å². The van der Waals surface area contributed by atoms with Gasteiger partial charge in [0.05, 0.1) is 6.54 Å². The topological polar surface area (TPSA) is 28.4 Å². The average Bonchev–Trinajstić information content (AvgIpc) is 2.53. The van der Waals surface area contributed by atoms with Gasteiger partial charge in [0.15, 0.2) is 5.09 Å². The summed E-state index contributed by atoms with van der Waals surface area (Å²) in [6.07, 6.45) is 0. The molecule has 2 heterocycles. The highest BCUT2D eigenvalue weighted by molar-refractivity contribution is 7.80. The highest BCUT2D eigenvalue weighted by atomic mass is 32.1. The molecule has 1 aliphatic heterocycles. The van der Waals surface area contributed by atoms with Gasteiger partial charge in [0, 0.05) is 26.2 Å². The number of rotatable bonds is 2. The van der Waals surface area contributed by atoms with E-state index in [1.165, 1.54) is 0 Å². The van der Waals surface area contributed by atoms with Gasteiger partial charge in [-0.1, -0.05) is 0 Å². The minimum atomic E-state index is 0.699. The van der Waals surface area contributed by atoms with Gasteiger partial charge in [0.1, 0.15) is 5.76 Å². The summed E-state index contributed by atoms with van der Waals surface area (Å²) in [5.74, 6) is 1.01. The van der Waals surface area contributed by atoms with Gasteiger partial charge in [0.2, 0.25) is 0 Å². The SMILES string of the molecule is Sc1ccc(CN2CCNCC2)o1. The fraction of sp³-hybridized carbons (Fsp3) is 0.556. The molecule has 1 aromatic heterocycles. The van der Waals surface area contributed by atoms with Crippen LogP contribution in [0, 0.1) is 0 Å². The van der Waals surface area contributed by atoms with Gasteiger partial charge in [-0.05, 0) is 12.1 Å². The summed E-state index contributed by atoms with van der Waals surface area (Å²) in [6.45, 7) is 5.26. The molecule has 0 radical (unpaired) electrons. The molecule has 1 aromatic rings. The molecule has 0 saturated carbocycles. The fourth-order valence-corrected chi connectivity index (χ4v) is 1.73. The summed E-state index contributed by atoms with van der Waals surface area (Å²) in [7, 11) is 0. The van der Waals surface area contributed by atoms with Gasteiger partial charge >= 0.3 is 0 Å². The van der Waals surface area contributed by atoms with Gasteiger partial charge in [-0.15, -0.1) is 12.6 Å². The van der Waals surface area contributed by atoms with E-state index in [4.69, 9.17) is 4.42 Å². The van der Waals surface area contributed by atoms with Gasteiger partial charge < -0.3 is 9.73 Å². The van der Waals surface area contributed by atoms with Crippen LogP contribution in [-0.4, -0.2) is 31.1 Å². The van der Waals surface area contributed by atoms with Crippen molar-refractivity contribution in [3.8, 4) is 0 Å². The van der Waals surface area contributed by atoms with E-state index in [-0.39, 0.29) is 0 Å². The molecule has 0 aliphatic carbocycles. The second-order valence-electron chi connectivity index (χ2n) is 3.27. The van der Waals surface area contributed by atoms with E-state index in [0.717, 1.165) is 38.5 Å². The van der Waals surface area contributed by atoms with Gasteiger partial charge in [0.25, 0.3) is 0 Å². The number of nitrogens with one attached hydrogen (secondary N) is 1. The van der Waals surface area contributed by atoms with Gasteiger partial charge in [-0.25, -0.2) is 0 Å². The Kier molecular flexibility index (Phi) is 2.93. The smallest absolute Gasteiger partial charge is 0.157 e. The predicted molar refractivity (Wildman–Crippen MR) is 54.1 cm³/mol. The molecule has 1 fully saturated rings. The Morgan fingerprint density at radius 2 is 2.15 bits per heavy atom. The monoisotopic (exact) mass is 198 g/mol. The Morgan fingerprint density at radius 3 is 2.77 bits per heavy atom. The van der Waals surface area contributed by atoms with E-state index < -0.39 is 0 Å². The lowest BCUT2D eigenvalue weighted by Crippen LogP contribution is -2.42. The molecule has 0 unspecified atom stereocenters. The Bertz CT molecular complexity index is 268. The van der Waals surface area contributed by atoms with Crippen LogP contribution in [0.1, 0.15) is 5.76 Å². The molecule has 13 heavy (non-hydrogen) atoms. The maximum absolute atomic E-state index is 5.39. The Labute approximate surface area is 83.5 Å². The van der Waals surface area contributed by atoms with Crippen LogP contribution >= 0.6 is 12.6 Å². The number of nitrogens with zero attached hydrogens (tertiary/aromatic N) is 1. The van der Waals surface area contributed by atoms with Crippen LogP contribution in [0.4, 0.5) is 0 Å². The normalized spacial score (nSPS) is 19.2. The highest BCUT2D eigenvalue weighted by Gasteiger charge is 2.11. The van der Waals surface area contributed by atoms with Crippen LogP contribution in [-0.2, 0) is 6.54 Å². The number of hydrogen-bond acceptors (Lipinski definition) is 4. The van der Waals surface area contributed by atoms with Crippen molar-refractivity contribution in [3.63, 3.8) is 0 Å². The van der Waals surface area contributed by atoms with E-state index in [9.17, 15) is 0 Å². The molecular formula is C9H14N2OS. The third-order valence-electron chi connectivity index (χ3n) is 2.24. The standard InChI is InChI=1S/C9H14N2OS/c13-9-2-1-8(12-9)7-11-5-3-10-4-6-11/h1-2,10,13H,3-7H2. The molecule has 0 amide bonds. The third kappa shape index (κ3) is 2.49. The van der Waals surface area contributed by atoms with Crippen molar-refractivity contribution >= 4 is 12.6 Å². The third-order valence-corrected chi connectivity index (χ3v) is 2.48. The lowest BCUT2D eigenvalue weighted by molar-refractivity contribution is 0.211. The fourth-order valence-electron chi connectivity index (χ4n) is 1.54. The summed E-state index contributed by atoms with van der Waals surface area (Å²) in [5.41, 5.74) is 0. The predicted octanol–water partition coefficient (Wildman–Crippen LogP) is 0.973. The highest BCUT2D eigenvalue weighted by Crippen LogP contribution is 2.13. The molecule has 0 bridgehead atoms. The van der Waals surface area contributed by atoms with Crippen molar-refractivity contribution in [2.24, 2.45) is 0 Å². The molecule has 1 N–H and O–H groups in total. The van der Waals surface area contributed by atoms with E-state index >= 15 is 0 Å². The van der Waals surface area contributed by atoms with Crippen LogP contribution in [0.3, 0.4) is 0 Å². The molecule has 2 rings (SSSR count). The average molecular weight is 198 g/mol. The van der Waals surface area contributed by atoms with Crippen molar-refractivity contribution < 1.29 is 4.42 Å². The van der Waals surface area contributed by atoms with Crippen LogP contribution in [0.2, 0.25) is 0 Å². The zero-order valence-electron chi connectivity index (χ0n) is 7.49. The summed E-state index contributed by atoms with van der Waals surface area (Å²) in [4.78, 5) is 2.38. The van der Waals surface area contributed by atoms with E-state index in [2.05, 4.69) is 22.8 Å². The van der Waals surface area contributed by atoms with Crippen LogP contribution in [0.25, 0.3) is 0 Å². The maximum Gasteiger partial charge on any atom is 0.157 e. The summed E-state index contributed by atoms with van der Waals surface area (Å²) < 4.78 is 5.39. The number of thiol groups is 1. The van der Waals surface area contributed by atoms with Crippen molar-refractivity contribution in [2.45, 2.75) is 11.6 Å². The molecule has 0 aromatic carbocycles. The minimum Gasteiger partial charge on any atom is -0.454 e. The Morgan fingerprint density at radius 1 is 1.38 bits per heavy atom. The van der Waals surface area contributed by atoms with Crippen LogP contribution in [0.15, 0.2) is 21.6 Å². The summed E-state index contributed by atoms with van der Waals surface area (Å²) in [5, 5.41) is 4.02. The van der Waals surface area contributed by atoms with Crippen molar-refractivity contribution in [1.29, 1.82) is 0 Å². The van der Waals surface area contributed by atoms with Crippen LogP contribution in [0.5, 0.6) is 0 Å². The van der Waals surface area contributed by atoms with Gasteiger partial charge in [-0.3, -0.25) is 4.90 Å². The molecule has 0 spiro atoms. The van der Waals surface area contributed by atoms with Crippen LogP contribution < -0.4 is 5.32 Å². The number of hydrogen-bond donors (Lipinski definition) is 2. The van der Waals surface area contributed by atoms with Crippen molar-refractivity contribution in [2.75, 3.05) is 26.2 Å². The first kappa shape index (κ1) is 9.12. The van der Waals surface area contributed by atoms with Crippen molar-refractivity contribution in [3.05, 3.63) is 17.9 Å². The second-order valence-corrected chi connectivity index (χ2v) is 3.71. The Hall–Kier alpha value is -0.450. The lowest BCUT2D eigenvalue weighted by atomic mass is 10.3. The molecule has 0 atom stereocenters. The molecule has 72 valence electrons. The summed E-state index contributed by atoms with van der Waals surface area (Å²) >= 11 is 4.13. The molecule has 4 heteroatoms. The minimum absolute atomic E-state index is 0.699. The molecule has 3 nitrogen and oxygen atoms in total. The zero-order valence-corrected chi connectivity index (χ0v) is 8.39. The zero-order chi connectivity index (χ0) is 9.10. The first-order chi connectivity index (χ1) is 6.34. The first-order valence-corrected chi connectivity index (χ1v) is 5.00. The Balaban J connectivity index is 1.89. The van der Waals surface area contributed by atoms with E-state index in [1.54, 1.807) is 0 Å².